The van der Waals surface area contributed by atoms with Gasteiger partial charge in [0.05, 0.1) is 12.1 Å². The number of aromatic nitrogens is 2. The summed E-state index contributed by atoms with van der Waals surface area (Å²) in [6.45, 7) is 4.13. The van der Waals surface area contributed by atoms with E-state index in [2.05, 4.69) is 4.98 Å². The maximum atomic E-state index is 13.0. The van der Waals surface area contributed by atoms with E-state index in [0.29, 0.717) is 26.2 Å². The molecule has 0 spiro atoms. The summed E-state index contributed by atoms with van der Waals surface area (Å²) in [5.74, 6) is 0.735. The van der Waals surface area contributed by atoms with Crippen LogP contribution in [0.15, 0.2) is 30.5 Å². The lowest BCUT2D eigenvalue weighted by molar-refractivity contribution is -0.130. The van der Waals surface area contributed by atoms with Crippen molar-refractivity contribution in [3.8, 4) is 0 Å². The molecule has 1 unspecified atom stereocenters. The van der Waals surface area contributed by atoms with Gasteiger partial charge < -0.3 is 9.80 Å². The van der Waals surface area contributed by atoms with Gasteiger partial charge in [-0.2, -0.15) is 0 Å². The monoisotopic (exact) mass is 382 g/mol. The van der Waals surface area contributed by atoms with E-state index in [1.807, 2.05) is 11.1 Å². The van der Waals surface area contributed by atoms with Crippen LogP contribution in [-0.4, -0.2) is 51.2 Å². The van der Waals surface area contributed by atoms with E-state index in [9.17, 15) is 14.0 Å². The van der Waals surface area contributed by atoms with Crippen LogP contribution in [0.4, 0.5) is 4.39 Å². The summed E-state index contributed by atoms with van der Waals surface area (Å²) in [4.78, 5) is 37.0. The van der Waals surface area contributed by atoms with Gasteiger partial charge in [-0.3, -0.25) is 9.59 Å². The van der Waals surface area contributed by atoms with Crippen LogP contribution in [0.25, 0.3) is 0 Å². The Hall–Kier alpha value is -2.83. The number of halogens is 1. The van der Waals surface area contributed by atoms with Crippen molar-refractivity contribution in [1.29, 1.82) is 0 Å². The molecule has 1 atom stereocenters. The summed E-state index contributed by atoms with van der Waals surface area (Å²) in [5.41, 5.74) is 2.83. The van der Waals surface area contributed by atoms with Crippen LogP contribution in [0.1, 0.15) is 41.9 Å². The van der Waals surface area contributed by atoms with Crippen molar-refractivity contribution in [1.82, 2.24) is 19.8 Å². The minimum atomic E-state index is -0.298. The molecular weight excluding hydrogens is 359 g/mol. The Morgan fingerprint density at radius 1 is 1.18 bits per heavy atom. The lowest BCUT2D eigenvalue weighted by Crippen LogP contribution is -2.35. The Morgan fingerprint density at radius 3 is 2.71 bits per heavy atom. The average Bonchev–Trinajstić information content (AvgIpc) is 3.19. The van der Waals surface area contributed by atoms with Gasteiger partial charge in [0.1, 0.15) is 11.6 Å². The Labute approximate surface area is 163 Å². The number of hydrogen-bond donors (Lipinski definition) is 0. The maximum absolute atomic E-state index is 13.0. The van der Waals surface area contributed by atoms with Crippen LogP contribution in [-0.2, 0) is 29.0 Å². The number of carbonyl (C=O) groups is 2. The highest BCUT2D eigenvalue weighted by atomic mass is 19.1. The van der Waals surface area contributed by atoms with Gasteiger partial charge in [-0.1, -0.05) is 12.1 Å². The standard InChI is InChI=1S/C21H23FN4O2/c1-14(27)25-9-7-19-17(13-25)11-23-21(24-19)16-6-8-26(12-16)20(28)10-15-2-4-18(22)5-3-15/h2-5,11,16H,6-10,12-13H2,1H3. The van der Waals surface area contributed by atoms with Gasteiger partial charge in [-0.25, -0.2) is 14.4 Å². The van der Waals surface area contributed by atoms with Crippen LogP contribution in [0.5, 0.6) is 0 Å². The predicted octanol–water partition coefficient (Wildman–Crippen LogP) is 2.08. The SMILES string of the molecule is CC(=O)N1CCc2nc(C3CCN(C(=O)Cc4ccc(F)cc4)C3)ncc2C1. The smallest absolute Gasteiger partial charge is 0.227 e. The van der Waals surface area contributed by atoms with Crippen molar-refractivity contribution in [2.45, 2.75) is 38.6 Å². The van der Waals surface area contributed by atoms with E-state index in [4.69, 9.17) is 4.98 Å². The molecule has 1 aromatic heterocycles. The molecule has 1 saturated heterocycles. The summed E-state index contributed by atoms with van der Waals surface area (Å²) in [7, 11) is 0. The number of fused-ring (bicyclic) bond motifs is 1. The quantitative estimate of drug-likeness (QED) is 0.815. The lowest BCUT2D eigenvalue weighted by atomic mass is 10.0. The van der Waals surface area contributed by atoms with Crippen molar-refractivity contribution in [3.63, 3.8) is 0 Å². The van der Waals surface area contributed by atoms with E-state index in [0.717, 1.165) is 35.5 Å². The first kappa shape index (κ1) is 18.5. The van der Waals surface area contributed by atoms with Crippen LogP contribution in [0.3, 0.4) is 0 Å². The van der Waals surface area contributed by atoms with Crippen molar-refractivity contribution in [2.75, 3.05) is 19.6 Å². The fourth-order valence-corrected chi connectivity index (χ4v) is 3.88. The normalized spacial score (nSPS) is 18.9. The van der Waals surface area contributed by atoms with E-state index in [1.54, 1.807) is 24.0 Å². The van der Waals surface area contributed by atoms with Gasteiger partial charge in [0.15, 0.2) is 0 Å². The summed E-state index contributed by atoms with van der Waals surface area (Å²) in [6, 6.07) is 6.06. The maximum Gasteiger partial charge on any atom is 0.227 e. The van der Waals surface area contributed by atoms with Crippen LogP contribution < -0.4 is 0 Å². The van der Waals surface area contributed by atoms with Crippen molar-refractivity contribution >= 4 is 11.8 Å². The van der Waals surface area contributed by atoms with Gasteiger partial charge >= 0.3 is 0 Å². The van der Waals surface area contributed by atoms with Crippen molar-refractivity contribution < 1.29 is 14.0 Å². The first-order valence-corrected chi connectivity index (χ1v) is 9.62. The topological polar surface area (TPSA) is 66.4 Å². The van der Waals surface area contributed by atoms with Gasteiger partial charge in [-0.05, 0) is 24.1 Å². The summed E-state index contributed by atoms with van der Waals surface area (Å²) >= 11 is 0. The highest BCUT2D eigenvalue weighted by molar-refractivity contribution is 5.79. The summed E-state index contributed by atoms with van der Waals surface area (Å²) in [6.07, 6.45) is 3.69. The third-order valence-electron chi connectivity index (χ3n) is 5.57. The van der Waals surface area contributed by atoms with Crippen LogP contribution in [0, 0.1) is 5.82 Å². The molecule has 3 heterocycles. The van der Waals surface area contributed by atoms with E-state index in [-0.39, 0.29) is 30.0 Å². The Kier molecular flexibility index (Phi) is 5.07. The summed E-state index contributed by atoms with van der Waals surface area (Å²) < 4.78 is 13.0. The molecular formula is C21H23FN4O2. The molecule has 146 valence electrons. The Morgan fingerprint density at radius 2 is 1.96 bits per heavy atom. The highest BCUT2D eigenvalue weighted by Gasteiger charge is 2.30. The molecule has 28 heavy (non-hydrogen) atoms. The molecule has 0 N–H and O–H groups in total. The first-order valence-electron chi connectivity index (χ1n) is 9.62. The molecule has 0 bridgehead atoms. The highest BCUT2D eigenvalue weighted by Crippen LogP contribution is 2.27. The number of likely N-dealkylation sites (tertiary alicyclic amines) is 1. The van der Waals surface area contributed by atoms with Crippen LogP contribution >= 0.6 is 0 Å². The minimum absolute atomic E-state index is 0.0455. The average molecular weight is 382 g/mol. The van der Waals surface area contributed by atoms with Gasteiger partial charge in [0.2, 0.25) is 11.8 Å². The van der Waals surface area contributed by atoms with Gasteiger partial charge in [0, 0.05) is 57.2 Å². The molecule has 0 aliphatic carbocycles. The number of amides is 2. The third-order valence-corrected chi connectivity index (χ3v) is 5.57. The number of benzene rings is 1. The second-order valence-electron chi connectivity index (χ2n) is 7.52. The Bertz CT molecular complexity index is 900. The number of hydrogen-bond acceptors (Lipinski definition) is 4. The molecule has 1 fully saturated rings. The molecule has 7 heteroatoms. The largest absolute Gasteiger partial charge is 0.342 e. The van der Waals surface area contributed by atoms with Crippen LogP contribution in [0.2, 0.25) is 0 Å². The van der Waals surface area contributed by atoms with Gasteiger partial charge in [0.25, 0.3) is 0 Å². The van der Waals surface area contributed by atoms with E-state index < -0.39 is 0 Å². The zero-order valence-corrected chi connectivity index (χ0v) is 15.9. The minimum Gasteiger partial charge on any atom is -0.342 e. The molecule has 0 saturated carbocycles. The fourth-order valence-electron chi connectivity index (χ4n) is 3.88. The zero-order valence-electron chi connectivity index (χ0n) is 15.9. The fraction of sp³-hybridized carbons (Fsp3) is 0.429. The molecule has 0 radical (unpaired) electrons. The second-order valence-corrected chi connectivity index (χ2v) is 7.52. The lowest BCUT2D eigenvalue weighted by Gasteiger charge is -2.27. The summed E-state index contributed by atoms with van der Waals surface area (Å²) in [5, 5.41) is 0. The molecule has 4 rings (SSSR count). The molecule has 2 amide bonds. The molecule has 1 aromatic carbocycles. The molecule has 2 aliphatic heterocycles. The number of rotatable bonds is 3. The molecule has 6 nitrogen and oxygen atoms in total. The zero-order chi connectivity index (χ0) is 19.7. The Balaban J connectivity index is 1.39. The van der Waals surface area contributed by atoms with Crippen molar-refractivity contribution in [2.24, 2.45) is 0 Å². The van der Waals surface area contributed by atoms with Crippen molar-refractivity contribution in [3.05, 3.63) is 58.9 Å². The molecule has 2 aromatic rings. The number of carbonyl (C=O) groups excluding carboxylic acids is 2. The van der Waals surface area contributed by atoms with Gasteiger partial charge in [-0.15, -0.1) is 0 Å². The predicted molar refractivity (Wildman–Crippen MR) is 101 cm³/mol. The number of nitrogens with zero attached hydrogens (tertiary/aromatic N) is 4. The third kappa shape index (κ3) is 3.88. The second kappa shape index (κ2) is 7.66. The molecule has 2 aliphatic rings. The van der Waals surface area contributed by atoms with E-state index in [1.165, 1.54) is 12.1 Å². The van der Waals surface area contributed by atoms with E-state index >= 15 is 0 Å². The first-order chi connectivity index (χ1) is 13.5.